The zero-order chi connectivity index (χ0) is 14.5. The Hall–Kier alpha value is -1.46. The van der Waals surface area contributed by atoms with Crippen LogP contribution >= 0.6 is 0 Å². The molecule has 0 spiro atoms. The summed E-state index contributed by atoms with van der Waals surface area (Å²) < 4.78 is 19.1. The number of piperidine rings is 1. The predicted octanol–water partition coefficient (Wildman–Crippen LogP) is 2.52. The third-order valence-corrected chi connectivity index (χ3v) is 3.48. The van der Waals surface area contributed by atoms with Crippen LogP contribution in [0.5, 0.6) is 0 Å². The summed E-state index contributed by atoms with van der Waals surface area (Å²) in [6.07, 6.45) is 2.32. The average molecular weight is 281 g/mol. The first-order chi connectivity index (χ1) is 9.58. The molecule has 0 aromatic heterocycles. The van der Waals surface area contributed by atoms with E-state index in [1.807, 2.05) is 6.92 Å². The Kier molecular flexibility index (Phi) is 5.09. The highest BCUT2D eigenvalue weighted by atomic mass is 19.1. The third-order valence-electron chi connectivity index (χ3n) is 3.48. The average Bonchev–Trinajstić information content (AvgIpc) is 2.38. The summed E-state index contributed by atoms with van der Waals surface area (Å²) in [6, 6.07) is 3.98. The minimum Gasteiger partial charge on any atom is -0.478 e. The Balaban J connectivity index is 2.03. The lowest BCUT2D eigenvalue weighted by Crippen LogP contribution is -2.39. The number of halogens is 1. The van der Waals surface area contributed by atoms with Crippen molar-refractivity contribution in [2.24, 2.45) is 0 Å². The zero-order valence-corrected chi connectivity index (χ0v) is 11.6. The second kappa shape index (κ2) is 6.81. The highest BCUT2D eigenvalue weighted by molar-refractivity contribution is 5.87. The molecule has 4 nitrogen and oxygen atoms in total. The van der Waals surface area contributed by atoms with Crippen LogP contribution in [0.1, 0.15) is 35.7 Å². The molecule has 0 bridgehead atoms. The van der Waals surface area contributed by atoms with E-state index in [9.17, 15) is 9.18 Å². The fraction of sp³-hybridized carbons (Fsp3) is 0.533. The topological polar surface area (TPSA) is 49.8 Å². The van der Waals surface area contributed by atoms with E-state index in [1.54, 1.807) is 0 Å². The SMILES string of the molecule is CCOC1CCCN(Cc2cc(F)cc(C(=O)O)c2)C1. The van der Waals surface area contributed by atoms with Crippen molar-refractivity contribution in [3.05, 3.63) is 35.1 Å². The lowest BCUT2D eigenvalue weighted by Gasteiger charge is -2.32. The largest absolute Gasteiger partial charge is 0.478 e. The number of hydrogen-bond acceptors (Lipinski definition) is 3. The lowest BCUT2D eigenvalue weighted by atomic mass is 10.1. The summed E-state index contributed by atoms with van der Waals surface area (Å²) in [6.45, 7) is 4.98. The number of carboxylic acids is 1. The van der Waals surface area contributed by atoms with Crippen molar-refractivity contribution in [3.8, 4) is 0 Å². The number of carboxylic acid groups (broad SMARTS) is 1. The lowest BCUT2D eigenvalue weighted by molar-refractivity contribution is 0.00360. The number of aromatic carboxylic acids is 1. The summed E-state index contributed by atoms with van der Waals surface area (Å²) in [4.78, 5) is 13.1. The summed E-state index contributed by atoms with van der Waals surface area (Å²) >= 11 is 0. The molecule has 1 fully saturated rings. The number of hydrogen-bond donors (Lipinski definition) is 1. The Labute approximate surface area is 118 Å². The number of benzene rings is 1. The van der Waals surface area contributed by atoms with Crippen molar-refractivity contribution in [2.75, 3.05) is 19.7 Å². The summed E-state index contributed by atoms with van der Waals surface area (Å²) in [5.41, 5.74) is 0.693. The second-order valence-electron chi connectivity index (χ2n) is 5.11. The minimum atomic E-state index is -1.10. The first-order valence-electron chi connectivity index (χ1n) is 6.95. The quantitative estimate of drug-likeness (QED) is 0.901. The van der Waals surface area contributed by atoms with Crippen molar-refractivity contribution in [1.82, 2.24) is 4.90 Å². The number of ether oxygens (including phenoxy) is 1. The van der Waals surface area contributed by atoms with Gasteiger partial charge in [-0.05, 0) is 50.1 Å². The number of carbonyl (C=O) groups is 1. The van der Waals surface area contributed by atoms with E-state index >= 15 is 0 Å². The van der Waals surface area contributed by atoms with Gasteiger partial charge >= 0.3 is 5.97 Å². The normalized spacial score (nSPS) is 20.0. The van der Waals surface area contributed by atoms with Gasteiger partial charge in [0.05, 0.1) is 11.7 Å². The Morgan fingerprint density at radius 2 is 2.30 bits per heavy atom. The first kappa shape index (κ1) is 14.9. The van der Waals surface area contributed by atoms with Gasteiger partial charge in [-0.15, -0.1) is 0 Å². The van der Waals surface area contributed by atoms with Gasteiger partial charge in [0.15, 0.2) is 0 Å². The molecule has 1 aliphatic heterocycles. The zero-order valence-electron chi connectivity index (χ0n) is 11.6. The highest BCUT2D eigenvalue weighted by Gasteiger charge is 2.20. The molecular formula is C15H20FNO3. The van der Waals surface area contributed by atoms with Gasteiger partial charge in [-0.25, -0.2) is 9.18 Å². The highest BCUT2D eigenvalue weighted by Crippen LogP contribution is 2.17. The van der Waals surface area contributed by atoms with Gasteiger partial charge in [0.2, 0.25) is 0 Å². The Bertz CT molecular complexity index is 476. The van der Waals surface area contributed by atoms with Gasteiger partial charge in [-0.2, -0.15) is 0 Å². The molecule has 1 atom stereocenters. The molecule has 1 aromatic carbocycles. The van der Waals surface area contributed by atoms with Gasteiger partial charge in [0.1, 0.15) is 5.82 Å². The Morgan fingerprint density at radius 1 is 1.50 bits per heavy atom. The standard InChI is InChI=1S/C15H20FNO3/c1-2-20-14-4-3-5-17(10-14)9-11-6-12(15(18)19)8-13(16)7-11/h6-8,14H,2-5,9-10H2,1H3,(H,18,19). The number of likely N-dealkylation sites (tertiary alicyclic amines) is 1. The first-order valence-corrected chi connectivity index (χ1v) is 6.95. The monoisotopic (exact) mass is 281 g/mol. The maximum atomic E-state index is 13.4. The maximum absolute atomic E-state index is 13.4. The molecule has 110 valence electrons. The van der Waals surface area contributed by atoms with Crippen LogP contribution in [-0.4, -0.2) is 41.8 Å². The number of nitrogens with zero attached hydrogens (tertiary/aromatic N) is 1. The van der Waals surface area contributed by atoms with Gasteiger partial charge in [-0.1, -0.05) is 0 Å². The van der Waals surface area contributed by atoms with E-state index < -0.39 is 11.8 Å². The summed E-state index contributed by atoms with van der Waals surface area (Å²) in [5.74, 6) is -1.60. The molecule has 1 aliphatic rings. The molecule has 0 radical (unpaired) electrons. The molecule has 0 aliphatic carbocycles. The minimum absolute atomic E-state index is 0.00151. The third kappa shape index (κ3) is 4.02. The molecule has 2 rings (SSSR count). The van der Waals surface area contributed by atoms with Crippen molar-refractivity contribution in [3.63, 3.8) is 0 Å². The number of rotatable bonds is 5. The predicted molar refractivity (Wildman–Crippen MR) is 73.3 cm³/mol. The summed E-state index contributed by atoms with van der Waals surface area (Å²) in [5, 5.41) is 8.95. The van der Waals surface area contributed by atoms with Gasteiger partial charge < -0.3 is 9.84 Å². The fourth-order valence-corrected chi connectivity index (χ4v) is 2.65. The van der Waals surface area contributed by atoms with Crippen molar-refractivity contribution in [2.45, 2.75) is 32.4 Å². The maximum Gasteiger partial charge on any atom is 0.335 e. The van der Waals surface area contributed by atoms with E-state index in [2.05, 4.69) is 4.90 Å². The second-order valence-corrected chi connectivity index (χ2v) is 5.11. The van der Waals surface area contributed by atoms with Crippen LogP contribution in [0.4, 0.5) is 4.39 Å². The van der Waals surface area contributed by atoms with Crippen LogP contribution in [0.25, 0.3) is 0 Å². The summed E-state index contributed by atoms with van der Waals surface area (Å²) in [7, 11) is 0. The molecule has 20 heavy (non-hydrogen) atoms. The van der Waals surface area contributed by atoms with Crippen LogP contribution in [0.3, 0.4) is 0 Å². The van der Waals surface area contributed by atoms with E-state index in [1.165, 1.54) is 12.1 Å². The van der Waals surface area contributed by atoms with Gasteiger partial charge in [0, 0.05) is 19.7 Å². The van der Waals surface area contributed by atoms with Crippen molar-refractivity contribution in [1.29, 1.82) is 0 Å². The molecule has 1 N–H and O–H groups in total. The van der Waals surface area contributed by atoms with Crippen LogP contribution in [0.2, 0.25) is 0 Å². The molecule has 0 amide bonds. The molecule has 1 saturated heterocycles. The van der Waals surface area contributed by atoms with Crippen LogP contribution in [0, 0.1) is 5.82 Å². The van der Waals surface area contributed by atoms with Crippen LogP contribution in [-0.2, 0) is 11.3 Å². The smallest absolute Gasteiger partial charge is 0.335 e. The molecule has 1 aromatic rings. The van der Waals surface area contributed by atoms with E-state index in [-0.39, 0.29) is 11.7 Å². The van der Waals surface area contributed by atoms with Crippen molar-refractivity contribution >= 4 is 5.97 Å². The Morgan fingerprint density at radius 3 is 3.00 bits per heavy atom. The van der Waals surface area contributed by atoms with E-state index in [4.69, 9.17) is 9.84 Å². The van der Waals surface area contributed by atoms with E-state index in [0.717, 1.165) is 32.0 Å². The molecule has 0 saturated carbocycles. The van der Waals surface area contributed by atoms with Crippen LogP contribution in [0.15, 0.2) is 18.2 Å². The van der Waals surface area contributed by atoms with Gasteiger partial charge in [-0.3, -0.25) is 4.90 Å². The molecule has 1 heterocycles. The molecule has 1 unspecified atom stereocenters. The van der Waals surface area contributed by atoms with Gasteiger partial charge in [0.25, 0.3) is 0 Å². The molecule has 5 heteroatoms. The van der Waals surface area contributed by atoms with E-state index in [0.29, 0.717) is 18.7 Å². The van der Waals surface area contributed by atoms with Crippen molar-refractivity contribution < 1.29 is 19.0 Å². The van der Waals surface area contributed by atoms with Crippen LogP contribution < -0.4 is 0 Å². The fourth-order valence-electron chi connectivity index (χ4n) is 2.65. The molecular weight excluding hydrogens is 261 g/mol.